The van der Waals surface area contributed by atoms with Crippen molar-refractivity contribution in [3.05, 3.63) is 59.2 Å². The van der Waals surface area contributed by atoms with Gasteiger partial charge < -0.3 is 10.1 Å². The van der Waals surface area contributed by atoms with Gasteiger partial charge in [-0.2, -0.15) is 0 Å². The van der Waals surface area contributed by atoms with Crippen LogP contribution in [0.1, 0.15) is 39.9 Å². The summed E-state index contributed by atoms with van der Waals surface area (Å²) in [6, 6.07) is 5.99. The zero-order chi connectivity index (χ0) is 20.0. The maximum absolute atomic E-state index is 12.8. The van der Waals surface area contributed by atoms with Crippen molar-refractivity contribution in [2.45, 2.75) is 44.9 Å². The Kier molecular flexibility index (Phi) is 4.63. The van der Waals surface area contributed by atoms with Crippen molar-refractivity contribution in [1.29, 1.82) is 0 Å². The van der Waals surface area contributed by atoms with Gasteiger partial charge in [-0.05, 0) is 38.3 Å². The van der Waals surface area contributed by atoms with Crippen molar-refractivity contribution in [2.24, 2.45) is 11.8 Å². The summed E-state index contributed by atoms with van der Waals surface area (Å²) in [5.41, 5.74) is 4.08. The summed E-state index contributed by atoms with van der Waals surface area (Å²) >= 11 is 0. The molecule has 0 unspecified atom stereocenters. The molecule has 0 radical (unpaired) electrons. The Morgan fingerprint density at radius 1 is 1.31 bits per heavy atom. The quantitative estimate of drug-likeness (QED) is 0.847. The standard InChI is InChI=1S/C23H28N4O2/c1-15-3-4-18(16(2)7-15)22(28)26-10-19-20-12-27(11-17-8-24-14-25-9-17)13-23(20)6-5-21(19)29-23/h3-4,7-9,14,19-21H,5-6,10-13H2,1-2H3,(H,26,28)/t19-,20+,21+,23+/m0/s1. The van der Waals surface area contributed by atoms with Gasteiger partial charge >= 0.3 is 0 Å². The molecule has 29 heavy (non-hydrogen) atoms. The van der Waals surface area contributed by atoms with Crippen LogP contribution in [0.25, 0.3) is 0 Å². The van der Waals surface area contributed by atoms with Gasteiger partial charge in [0.05, 0.1) is 11.7 Å². The van der Waals surface area contributed by atoms with Gasteiger partial charge in [-0.3, -0.25) is 9.69 Å². The Bertz CT molecular complexity index is 918. The topological polar surface area (TPSA) is 67.4 Å². The van der Waals surface area contributed by atoms with Crippen molar-refractivity contribution in [1.82, 2.24) is 20.2 Å². The van der Waals surface area contributed by atoms with Gasteiger partial charge in [0.25, 0.3) is 5.91 Å². The fourth-order valence-corrected chi connectivity index (χ4v) is 5.72. The summed E-state index contributed by atoms with van der Waals surface area (Å²) in [6.07, 6.45) is 7.85. The van der Waals surface area contributed by atoms with Crippen molar-refractivity contribution in [3.8, 4) is 0 Å². The van der Waals surface area contributed by atoms with E-state index >= 15 is 0 Å². The number of likely N-dealkylation sites (tertiary alicyclic amines) is 1. The maximum Gasteiger partial charge on any atom is 0.251 e. The van der Waals surface area contributed by atoms with E-state index in [0.29, 0.717) is 18.4 Å². The molecular weight excluding hydrogens is 364 g/mol. The van der Waals surface area contributed by atoms with Gasteiger partial charge in [0.15, 0.2) is 0 Å². The van der Waals surface area contributed by atoms with Crippen molar-refractivity contribution < 1.29 is 9.53 Å². The van der Waals surface area contributed by atoms with Crippen LogP contribution in [0, 0.1) is 25.7 Å². The second-order valence-corrected chi connectivity index (χ2v) is 8.97. The number of carbonyl (C=O) groups is 1. The number of amides is 1. The van der Waals surface area contributed by atoms with E-state index in [1.807, 2.05) is 38.4 Å². The summed E-state index contributed by atoms with van der Waals surface area (Å²) in [4.78, 5) is 23.5. The van der Waals surface area contributed by atoms with Gasteiger partial charge in [0.2, 0.25) is 0 Å². The first-order valence-electron chi connectivity index (χ1n) is 10.5. The number of ether oxygens (including phenoxy) is 1. The third-order valence-corrected chi connectivity index (χ3v) is 7.00. The monoisotopic (exact) mass is 392 g/mol. The number of nitrogens with zero attached hydrogens (tertiary/aromatic N) is 3. The molecule has 4 heterocycles. The smallest absolute Gasteiger partial charge is 0.251 e. The minimum Gasteiger partial charge on any atom is -0.370 e. The van der Waals surface area contributed by atoms with Crippen LogP contribution in [-0.2, 0) is 11.3 Å². The molecule has 1 N–H and O–H groups in total. The first kappa shape index (κ1) is 18.7. The Morgan fingerprint density at radius 2 is 2.14 bits per heavy atom. The second kappa shape index (κ2) is 7.18. The van der Waals surface area contributed by atoms with Crippen molar-refractivity contribution in [3.63, 3.8) is 0 Å². The normalized spacial score (nSPS) is 30.5. The number of benzene rings is 1. The largest absolute Gasteiger partial charge is 0.370 e. The number of aromatic nitrogens is 2. The van der Waals surface area contributed by atoms with Gasteiger partial charge in [0.1, 0.15) is 6.33 Å². The van der Waals surface area contributed by atoms with Crippen LogP contribution in [0.3, 0.4) is 0 Å². The van der Waals surface area contributed by atoms with Gasteiger partial charge in [-0.1, -0.05) is 17.7 Å². The zero-order valence-corrected chi connectivity index (χ0v) is 17.1. The molecule has 3 aliphatic heterocycles. The van der Waals surface area contributed by atoms with Crippen LogP contribution in [-0.4, -0.2) is 52.1 Å². The van der Waals surface area contributed by atoms with E-state index in [1.165, 1.54) is 5.56 Å². The molecule has 3 fully saturated rings. The van der Waals surface area contributed by atoms with E-state index in [2.05, 4.69) is 26.3 Å². The Hall–Kier alpha value is -2.31. The van der Waals surface area contributed by atoms with Gasteiger partial charge in [-0.15, -0.1) is 0 Å². The van der Waals surface area contributed by atoms with Crippen molar-refractivity contribution in [2.75, 3.05) is 19.6 Å². The molecule has 1 amide bonds. The molecule has 2 aromatic rings. The molecule has 2 bridgehead atoms. The molecule has 1 aromatic heterocycles. The van der Waals surface area contributed by atoms with Crippen LogP contribution in [0.5, 0.6) is 0 Å². The Morgan fingerprint density at radius 3 is 2.93 bits per heavy atom. The predicted molar refractivity (Wildman–Crippen MR) is 109 cm³/mol. The van der Waals surface area contributed by atoms with Gasteiger partial charge in [0, 0.05) is 61.5 Å². The minimum absolute atomic E-state index is 0.0237. The van der Waals surface area contributed by atoms with Crippen LogP contribution in [0.2, 0.25) is 0 Å². The van der Waals surface area contributed by atoms with E-state index in [1.54, 1.807) is 6.33 Å². The maximum atomic E-state index is 12.8. The lowest BCUT2D eigenvalue weighted by Crippen LogP contribution is -2.42. The fraction of sp³-hybridized carbons (Fsp3) is 0.522. The van der Waals surface area contributed by atoms with E-state index in [-0.39, 0.29) is 17.6 Å². The molecule has 3 saturated heterocycles. The van der Waals surface area contributed by atoms with Crippen LogP contribution in [0.4, 0.5) is 0 Å². The summed E-state index contributed by atoms with van der Waals surface area (Å²) in [5, 5.41) is 3.20. The van der Waals surface area contributed by atoms with E-state index in [0.717, 1.165) is 49.2 Å². The highest BCUT2D eigenvalue weighted by Gasteiger charge is 2.62. The minimum atomic E-state index is -0.0323. The lowest BCUT2D eigenvalue weighted by molar-refractivity contribution is 0.00211. The highest BCUT2D eigenvalue weighted by atomic mass is 16.5. The first-order valence-corrected chi connectivity index (χ1v) is 10.5. The molecule has 5 rings (SSSR count). The lowest BCUT2D eigenvalue weighted by atomic mass is 9.73. The van der Waals surface area contributed by atoms with Crippen LogP contribution < -0.4 is 5.32 Å². The summed E-state index contributed by atoms with van der Waals surface area (Å²) < 4.78 is 6.52. The predicted octanol–water partition coefficient (Wildman–Crippen LogP) is 2.50. The molecule has 1 aromatic carbocycles. The molecule has 152 valence electrons. The molecule has 0 aliphatic carbocycles. The molecule has 6 heteroatoms. The highest BCUT2D eigenvalue weighted by Crippen LogP contribution is 2.54. The lowest BCUT2D eigenvalue weighted by Gasteiger charge is -2.29. The van der Waals surface area contributed by atoms with Crippen LogP contribution in [0.15, 0.2) is 36.9 Å². The van der Waals surface area contributed by atoms with Gasteiger partial charge in [-0.25, -0.2) is 9.97 Å². The number of nitrogens with one attached hydrogen (secondary N) is 1. The third kappa shape index (κ3) is 3.34. The van der Waals surface area contributed by atoms with Crippen LogP contribution >= 0.6 is 0 Å². The van der Waals surface area contributed by atoms with E-state index in [9.17, 15) is 4.79 Å². The highest BCUT2D eigenvalue weighted by molar-refractivity contribution is 5.95. The molecule has 3 aliphatic rings. The summed E-state index contributed by atoms with van der Waals surface area (Å²) in [5.74, 6) is 0.886. The second-order valence-electron chi connectivity index (χ2n) is 8.97. The summed E-state index contributed by atoms with van der Waals surface area (Å²) in [6.45, 7) is 7.56. The average Bonchev–Trinajstić information content (AvgIpc) is 3.35. The summed E-state index contributed by atoms with van der Waals surface area (Å²) in [7, 11) is 0. The number of carbonyl (C=O) groups excluding carboxylic acids is 1. The third-order valence-electron chi connectivity index (χ3n) is 7.00. The number of hydrogen-bond donors (Lipinski definition) is 1. The SMILES string of the molecule is Cc1ccc(C(=O)NC[C@H]2[C@H]3CN(Cc4cncnc4)C[C@]34CC[C@H]2O4)c(C)c1. The first-order chi connectivity index (χ1) is 14.0. The zero-order valence-electron chi connectivity index (χ0n) is 17.1. The van der Waals surface area contributed by atoms with E-state index in [4.69, 9.17) is 4.74 Å². The molecule has 0 saturated carbocycles. The number of rotatable bonds is 5. The average molecular weight is 393 g/mol. The van der Waals surface area contributed by atoms with Crippen molar-refractivity contribution >= 4 is 5.91 Å². The number of fused-ring (bicyclic) bond motifs is 1. The molecule has 1 spiro atoms. The Labute approximate surface area is 171 Å². The molecule has 4 atom stereocenters. The molecular formula is C23H28N4O2. The number of aryl methyl sites for hydroxylation is 2. The fourth-order valence-electron chi connectivity index (χ4n) is 5.72. The Balaban J connectivity index is 1.25. The van der Waals surface area contributed by atoms with E-state index < -0.39 is 0 Å². The molecule has 6 nitrogen and oxygen atoms in total. The number of hydrogen-bond acceptors (Lipinski definition) is 5.